The van der Waals surface area contributed by atoms with Gasteiger partial charge < -0.3 is 15.2 Å². The van der Waals surface area contributed by atoms with Crippen LogP contribution in [0.5, 0.6) is 0 Å². The number of carboxylic acids is 1. The molecule has 1 heterocycles. The minimum atomic E-state index is -1.13. The highest BCUT2D eigenvalue weighted by atomic mass is 32.1. The number of carbonyl (C=O) groups is 2. The van der Waals surface area contributed by atoms with E-state index in [1.54, 1.807) is 17.5 Å². The summed E-state index contributed by atoms with van der Waals surface area (Å²) in [4.78, 5) is 23.0. The zero-order valence-electron chi connectivity index (χ0n) is 9.09. The van der Waals surface area contributed by atoms with Crippen LogP contribution < -0.4 is 5.32 Å². The molecule has 1 rings (SSSR count). The molecule has 0 bridgehead atoms. The molecule has 17 heavy (non-hydrogen) atoms. The van der Waals surface area contributed by atoms with Crippen molar-refractivity contribution < 1.29 is 19.4 Å². The average molecular weight is 255 g/mol. The molecule has 0 radical (unpaired) electrons. The highest BCUT2D eigenvalue weighted by Crippen LogP contribution is 2.08. The van der Waals surface area contributed by atoms with Crippen molar-refractivity contribution in [3.63, 3.8) is 0 Å². The number of amides is 1. The number of carbonyl (C=O) groups excluding carboxylic acids is 1. The molecule has 92 valence electrons. The molecule has 1 amide bonds. The van der Waals surface area contributed by atoms with E-state index < -0.39 is 17.9 Å². The average Bonchev–Trinajstić information content (AvgIpc) is 2.81. The molecule has 1 aromatic rings. The molecule has 6 heteroatoms. The van der Waals surface area contributed by atoms with E-state index >= 15 is 0 Å². The summed E-state index contributed by atoms with van der Waals surface area (Å²) in [6.45, 7) is 3.61. The first-order valence-electron chi connectivity index (χ1n) is 4.91. The summed E-state index contributed by atoms with van der Waals surface area (Å²) < 4.78 is 5.01. The minimum Gasteiger partial charge on any atom is -0.480 e. The van der Waals surface area contributed by atoms with Crippen LogP contribution in [-0.2, 0) is 9.53 Å². The number of rotatable bonds is 7. The molecule has 0 saturated carbocycles. The highest BCUT2D eigenvalue weighted by Gasteiger charge is 2.21. The first kappa shape index (κ1) is 13.4. The Morgan fingerprint density at radius 3 is 2.94 bits per heavy atom. The Balaban J connectivity index is 2.51. The number of carboxylic acid groups (broad SMARTS) is 1. The summed E-state index contributed by atoms with van der Waals surface area (Å²) in [5.41, 5.74) is 0. The molecule has 0 aromatic carbocycles. The highest BCUT2D eigenvalue weighted by molar-refractivity contribution is 7.12. The number of hydrogen-bond donors (Lipinski definition) is 2. The lowest BCUT2D eigenvalue weighted by Crippen LogP contribution is -2.43. The number of ether oxygens (including phenoxy) is 1. The Hall–Kier alpha value is -1.66. The van der Waals surface area contributed by atoms with Crippen LogP contribution in [0.25, 0.3) is 0 Å². The monoisotopic (exact) mass is 255 g/mol. The molecule has 0 aliphatic heterocycles. The summed E-state index contributed by atoms with van der Waals surface area (Å²) in [7, 11) is 0. The number of thiophene rings is 1. The van der Waals surface area contributed by atoms with E-state index in [0.29, 0.717) is 4.88 Å². The van der Waals surface area contributed by atoms with Crippen LogP contribution in [0.1, 0.15) is 9.67 Å². The summed E-state index contributed by atoms with van der Waals surface area (Å²) in [6.07, 6.45) is 1.51. The minimum absolute atomic E-state index is 0.0849. The maximum atomic E-state index is 11.6. The Morgan fingerprint density at radius 2 is 2.41 bits per heavy atom. The normalized spacial score (nSPS) is 11.8. The maximum absolute atomic E-state index is 11.6. The van der Waals surface area contributed by atoms with Crippen molar-refractivity contribution in [2.75, 3.05) is 13.2 Å². The van der Waals surface area contributed by atoms with Gasteiger partial charge >= 0.3 is 5.97 Å². The van der Waals surface area contributed by atoms with E-state index in [-0.39, 0.29) is 13.2 Å². The molecule has 1 unspecified atom stereocenters. The van der Waals surface area contributed by atoms with Crippen LogP contribution in [0, 0.1) is 0 Å². The van der Waals surface area contributed by atoms with E-state index in [1.165, 1.54) is 17.4 Å². The van der Waals surface area contributed by atoms with Crippen LogP contribution >= 0.6 is 11.3 Å². The second-order valence-electron chi connectivity index (χ2n) is 3.17. The third-order valence-electron chi connectivity index (χ3n) is 1.87. The lowest BCUT2D eigenvalue weighted by Gasteiger charge is -2.13. The molecule has 0 saturated heterocycles. The van der Waals surface area contributed by atoms with Crippen LogP contribution in [0.4, 0.5) is 0 Å². The van der Waals surface area contributed by atoms with Gasteiger partial charge in [0.15, 0.2) is 6.04 Å². The number of hydrogen-bond acceptors (Lipinski definition) is 4. The quantitative estimate of drug-likeness (QED) is 0.566. The molecule has 0 fully saturated rings. The van der Waals surface area contributed by atoms with E-state index in [2.05, 4.69) is 11.9 Å². The molecule has 1 atom stereocenters. The van der Waals surface area contributed by atoms with Crippen molar-refractivity contribution in [1.82, 2.24) is 5.32 Å². The molecule has 0 aliphatic rings. The van der Waals surface area contributed by atoms with Gasteiger partial charge in [0.1, 0.15) is 0 Å². The first-order chi connectivity index (χ1) is 8.15. The molecular formula is C11H13NO4S. The van der Waals surface area contributed by atoms with E-state index in [4.69, 9.17) is 9.84 Å². The Bertz CT molecular complexity index is 388. The van der Waals surface area contributed by atoms with Gasteiger partial charge in [-0.2, -0.15) is 0 Å². The third kappa shape index (κ3) is 4.38. The lowest BCUT2D eigenvalue weighted by atomic mass is 10.3. The van der Waals surface area contributed by atoms with Crippen molar-refractivity contribution in [2.24, 2.45) is 0 Å². The SMILES string of the molecule is C=CCOCC(NC(=O)c1cccs1)C(=O)O. The Kier molecular flexibility index (Phi) is 5.38. The van der Waals surface area contributed by atoms with Gasteiger partial charge in [0.2, 0.25) is 0 Å². The number of aliphatic carboxylic acids is 1. The first-order valence-corrected chi connectivity index (χ1v) is 5.79. The van der Waals surface area contributed by atoms with Gasteiger partial charge in [-0.05, 0) is 11.4 Å². The van der Waals surface area contributed by atoms with Crippen LogP contribution in [0.15, 0.2) is 30.2 Å². The van der Waals surface area contributed by atoms with Crippen molar-refractivity contribution in [3.05, 3.63) is 35.0 Å². The number of nitrogens with one attached hydrogen (secondary N) is 1. The van der Waals surface area contributed by atoms with Gasteiger partial charge in [-0.25, -0.2) is 4.79 Å². The largest absolute Gasteiger partial charge is 0.480 e. The van der Waals surface area contributed by atoms with E-state index in [9.17, 15) is 9.59 Å². The molecular weight excluding hydrogens is 242 g/mol. The Labute approximate surface area is 103 Å². The van der Waals surface area contributed by atoms with Crippen molar-refractivity contribution in [2.45, 2.75) is 6.04 Å². The lowest BCUT2D eigenvalue weighted by molar-refractivity contribution is -0.140. The zero-order chi connectivity index (χ0) is 12.7. The standard InChI is InChI=1S/C11H13NO4S/c1-2-5-16-7-8(11(14)15)12-10(13)9-4-3-6-17-9/h2-4,6,8H,1,5,7H2,(H,12,13)(H,14,15). The molecule has 0 spiro atoms. The molecule has 1 aromatic heterocycles. The summed E-state index contributed by atoms with van der Waals surface area (Å²) in [5, 5.41) is 13.0. The predicted molar refractivity (Wildman–Crippen MR) is 64.2 cm³/mol. The topological polar surface area (TPSA) is 75.6 Å². The fraction of sp³-hybridized carbons (Fsp3) is 0.273. The van der Waals surface area contributed by atoms with Gasteiger partial charge in [0.05, 0.1) is 18.1 Å². The van der Waals surface area contributed by atoms with Crippen LogP contribution in [0.3, 0.4) is 0 Å². The van der Waals surface area contributed by atoms with Crippen molar-refractivity contribution in [1.29, 1.82) is 0 Å². The smallest absolute Gasteiger partial charge is 0.328 e. The second-order valence-corrected chi connectivity index (χ2v) is 4.12. The second kappa shape index (κ2) is 6.82. The third-order valence-corrected chi connectivity index (χ3v) is 2.74. The summed E-state index contributed by atoms with van der Waals surface area (Å²) >= 11 is 1.25. The summed E-state index contributed by atoms with van der Waals surface area (Å²) in [5.74, 6) is -1.53. The van der Waals surface area contributed by atoms with Crippen LogP contribution in [-0.4, -0.2) is 36.2 Å². The van der Waals surface area contributed by atoms with Crippen molar-refractivity contribution >= 4 is 23.2 Å². The molecule has 0 aliphatic carbocycles. The van der Waals surface area contributed by atoms with Gasteiger partial charge in [0, 0.05) is 0 Å². The maximum Gasteiger partial charge on any atom is 0.328 e. The molecule has 2 N–H and O–H groups in total. The van der Waals surface area contributed by atoms with Crippen LogP contribution in [0.2, 0.25) is 0 Å². The van der Waals surface area contributed by atoms with Gasteiger partial charge in [-0.15, -0.1) is 17.9 Å². The Morgan fingerprint density at radius 1 is 1.65 bits per heavy atom. The zero-order valence-corrected chi connectivity index (χ0v) is 9.90. The van der Waals surface area contributed by atoms with E-state index in [1.807, 2.05) is 0 Å². The van der Waals surface area contributed by atoms with Gasteiger partial charge in [-0.3, -0.25) is 4.79 Å². The predicted octanol–water partition coefficient (Wildman–Crippen LogP) is 1.13. The molecule has 5 nitrogen and oxygen atoms in total. The summed E-state index contributed by atoms with van der Waals surface area (Å²) in [6, 6.07) is 2.30. The van der Waals surface area contributed by atoms with Gasteiger partial charge in [-0.1, -0.05) is 12.1 Å². The fourth-order valence-corrected chi connectivity index (χ4v) is 1.71. The fourth-order valence-electron chi connectivity index (χ4n) is 1.08. The van der Waals surface area contributed by atoms with E-state index in [0.717, 1.165) is 0 Å². The van der Waals surface area contributed by atoms with Gasteiger partial charge in [0.25, 0.3) is 5.91 Å². The van der Waals surface area contributed by atoms with Crippen molar-refractivity contribution in [3.8, 4) is 0 Å².